The smallest absolute Gasteiger partial charge is 0.263 e. The SMILES string of the molecule is CCn1c(SC(C)C(=O)Nc2ccc(S(=O)(=O)Nc3nnc(C)s3)cc2)nc2ccccc2c1=O. The number of hydrogen-bond donors (Lipinski definition) is 2. The van der Waals surface area contributed by atoms with Gasteiger partial charge >= 0.3 is 0 Å². The fourth-order valence-electron chi connectivity index (χ4n) is 3.20. The van der Waals surface area contributed by atoms with Crippen LogP contribution < -0.4 is 15.6 Å². The minimum absolute atomic E-state index is 0.0260. The van der Waals surface area contributed by atoms with Crippen molar-refractivity contribution in [1.82, 2.24) is 19.7 Å². The van der Waals surface area contributed by atoms with Gasteiger partial charge in [0.15, 0.2) is 5.16 Å². The first kappa shape index (κ1) is 24.8. The number of carbonyl (C=O) groups excluding carboxylic acids is 1. The zero-order valence-corrected chi connectivity index (χ0v) is 21.5. The molecule has 0 aliphatic rings. The Hall–Kier alpha value is -3.29. The Morgan fingerprint density at radius 2 is 1.86 bits per heavy atom. The number of nitrogens with one attached hydrogen (secondary N) is 2. The summed E-state index contributed by atoms with van der Waals surface area (Å²) in [7, 11) is -3.83. The van der Waals surface area contributed by atoms with Crippen LogP contribution >= 0.6 is 23.1 Å². The molecule has 10 nitrogen and oxygen atoms in total. The lowest BCUT2D eigenvalue weighted by atomic mass is 10.2. The maximum Gasteiger partial charge on any atom is 0.263 e. The van der Waals surface area contributed by atoms with E-state index in [2.05, 4.69) is 25.2 Å². The number of aromatic nitrogens is 4. The highest BCUT2D eigenvalue weighted by Gasteiger charge is 2.20. The van der Waals surface area contributed by atoms with Crippen molar-refractivity contribution >= 4 is 60.8 Å². The number of nitrogens with zero attached hydrogens (tertiary/aromatic N) is 4. The number of carbonyl (C=O) groups is 1. The molecule has 0 spiro atoms. The molecule has 0 saturated carbocycles. The van der Waals surface area contributed by atoms with Gasteiger partial charge in [-0.2, -0.15) is 0 Å². The van der Waals surface area contributed by atoms with E-state index in [1.165, 1.54) is 36.0 Å². The molecule has 0 fully saturated rings. The van der Waals surface area contributed by atoms with Gasteiger partial charge in [0.25, 0.3) is 15.6 Å². The highest BCUT2D eigenvalue weighted by atomic mass is 32.2. The number of sulfonamides is 1. The molecule has 2 N–H and O–H groups in total. The van der Waals surface area contributed by atoms with Crippen LogP contribution in [0.4, 0.5) is 10.8 Å². The third kappa shape index (κ3) is 5.52. The van der Waals surface area contributed by atoms with E-state index in [-0.39, 0.29) is 21.5 Å². The Kier molecular flexibility index (Phi) is 7.19. The van der Waals surface area contributed by atoms with Gasteiger partial charge in [-0.05, 0) is 57.2 Å². The van der Waals surface area contributed by atoms with Crippen LogP contribution in [0.25, 0.3) is 10.9 Å². The first-order valence-electron chi connectivity index (χ1n) is 10.6. The summed E-state index contributed by atoms with van der Waals surface area (Å²) in [6.45, 7) is 5.72. The Morgan fingerprint density at radius 3 is 2.51 bits per heavy atom. The van der Waals surface area contributed by atoms with Crippen molar-refractivity contribution in [2.45, 2.75) is 42.6 Å². The molecule has 1 atom stereocenters. The number of para-hydroxylation sites is 1. The van der Waals surface area contributed by atoms with Gasteiger partial charge in [0.1, 0.15) is 5.01 Å². The molecule has 2 aromatic heterocycles. The van der Waals surface area contributed by atoms with Crippen LogP contribution in [-0.2, 0) is 21.4 Å². The van der Waals surface area contributed by atoms with E-state index < -0.39 is 15.3 Å². The van der Waals surface area contributed by atoms with Crippen molar-refractivity contribution in [2.24, 2.45) is 0 Å². The molecule has 0 bridgehead atoms. The van der Waals surface area contributed by atoms with Gasteiger partial charge in [0.2, 0.25) is 11.0 Å². The fraction of sp³-hybridized carbons (Fsp3) is 0.227. The van der Waals surface area contributed by atoms with E-state index >= 15 is 0 Å². The minimum Gasteiger partial charge on any atom is -0.325 e. The highest BCUT2D eigenvalue weighted by molar-refractivity contribution is 8.00. The molecule has 4 rings (SSSR count). The Balaban J connectivity index is 1.46. The Morgan fingerprint density at radius 1 is 1.14 bits per heavy atom. The van der Waals surface area contributed by atoms with E-state index in [9.17, 15) is 18.0 Å². The van der Waals surface area contributed by atoms with Crippen molar-refractivity contribution < 1.29 is 13.2 Å². The molecule has 2 heterocycles. The van der Waals surface area contributed by atoms with Crippen LogP contribution in [0.3, 0.4) is 0 Å². The number of amides is 1. The van der Waals surface area contributed by atoms with Gasteiger partial charge in [-0.15, -0.1) is 10.2 Å². The quantitative estimate of drug-likeness (QED) is 0.261. The van der Waals surface area contributed by atoms with Crippen molar-refractivity contribution in [3.63, 3.8) is 0 Å². The Labute approximate surface area is 209 Å². The topological polar surface area (TPSA) is 136 Å². The van der Waals surface area contributed by atoms with Crippen LogP contribution in [0.5, 0.6) is 0 Å². The van der Waals surface area contributed by atoms with Gasteiger partial charge in [-0.1, -0.05) is 35.2 Å². The summed E-state index contributed by atoms with van der Waals surface area (Å²) < 4.78 is 29.0. The zero-order valence-electron chi connectivity index (χ0n) is 19.0. The maximum absolute atomic E-state index is 12.8. The number of benzene rings is 2. The maximum atomic E-state index is 12.8. The molecule has 0 aliphatic heterocycles. The van der Waals surface area contributed by atoms with Gasteiger partial charge in [-0.3, -0.25) is 18.9 Å². The van der Waals surface area contributed by atoms with E-state index in [0.717, 1.165) is 11.3 Å². The first-order valence-corrected chi connectivity index (χ1v) is 13.8. The third-order valence-electron chi connectivity index (χ3n) is 4.97. The number of anilines is 2. The molecule has 0 aliphatic carbocycles. The summed E-state index contributed by atoms with van der Waals surface area (Å²) >= 11 is 2.31. The number of fused-ring (bicyclic) bond motifs is 1. The number of rotatable bonds is 8. The lowest BCUT2D eigenvalue weighted by Crippen LogP contribution is -2.26. The second kappa shape index (κ2) is 10.1. The average Bonchev–Trinajstić information content (AvgIpc) is 3.23. The van der Waals surface area contributed by atoms with Crippen molar-refractivity contribution in [3.8, 4) is 0 Å². The Bertz CT molecular complexity index is 1550. The standard InChI is InChI=1S/C22H22N6O4S3/c1-4-28-20(30)17-7-5-6-8-18(17)24-22(28)33-13(2)19(29)23-15-9-11-16(12-10-15)35(31,32)27-21-26-25-14(3)34-21/h5-13H,4H2,1-3H3,(H,23,29)(H,26,27). The predicted molar refractivity (Wildman–Crippen MR) is 138 cm³/mol. The molecule has 182 valence electrons. The van der Waals surface area contributed by atoms with Gasteiger partial charge in [0, 0.05) is 12.2 Å². The van der Waals surface area contributed by atoms with E-state index in [4.69, 9.17) is 0 Å². The normalized spacial score (nSPS) is 12.4. The molecule has 1 unspecified atom stereocenters. The molecular formula is C22H22N6O4S3. The highest BCUT2D eigenvalue weighted by Crippen LogP contribution is 2.25. The van der Waals surface area contributed by atoms with Crippen LogP contribution in [0, 0.1) is 6.92 Å². The van der Waals surface area contributed by atoms with Crippen molar-refractivity contribution in [3.05, 3.63) is 63.9 Å². The number of aryl methyl sites for hydroxylation is 1. The van der Waals surface area contributed by atoms with Gasteiger partial charge in [-0.25, -0.2) is 13.4 Å². The van der Waals surface area contributed by atoms with E-state index in [0.29, 0.717) is 33.3 Å². The molecule has 1 amide bonds. The van der Waals surface area contributed by atoms with Crippen molar-refractivity contribution in [2.75, 3.05) is 10.0 Å². The molecule has 13 heteroatoms. The van der Waals surface area contributed by atoms with E-state index in [1.54, 1.807) is 36.6 Å². The largest absolute Gasteiger partial charge is 0.325 e. The number of thioether (sulfide) groups is 1. The summed E-state index contributed by atoms with van der Waals surface area (Å²) in [6.07, 6.45) is 0. The molecule has 2 aromatic carbocycles. The van der Waals surface area contributed by atoms with Crippen LogP contribution in [-0.4, -0.2) is 39.3 Å². The van der Waals surface area contributed by atoms with Crippen LogP contribution in [0.15, 0.2) is 63.4 Å². The first-order chi connectivity index (χ1) is 16.7. The fourth-order valence-corrected chi connectivity index (χ4v) is 6.00. The zero-order chi connectivity index (χ0) is 25.2. The average molecular weight is 531 g/mol. The van der Waals surface area contributed by atoms with Crippen LogP contribution in [0.2, 0.25) is 0 Å². The summed E-state index contributed by atoms with van der Waals surface area (Å²) in [5.41, 5.74) is 0.862. The van der Waals surface area contributed by atoms with Crippen LogP contribution in [0.1, 0.15) is 18.9 Å². The summed E-state index contributed by atoms with van der Waals surface area (Å²) in [6, 6.07) is 12.9. The second-order valence-electron chi connectivity index (χ2n) is 7.47. The molecule has 4 aromatic rings. The molecule has 35 heavy (non-hydrogen) atoms. The summed E-state index contributed by atoms with van der Waals surface area (Å²) in [4.78, 5) is 30.2. The second-order valence-corrected chi connectivity index (χ2v) is 11.6. The molecule has 0 saturated heterocycles. The van der Waals surface area contributed by atoms with Gasteiger partial charge < -0.3 is 5.32 Å². The summed E-state index contributed by atoms with van der Waals surface area (Å²) in [5.74, 6) is -0.307. The summed E-state index contributed by atoms with van der Waals surface area (Å²) in [5, 5.41) is 11.6. The van der Waals surface area contributed by atoms with Gasteiger partial charge in [0.05, 0.1) is 21.0 Å². The monoisotopic (exact) mass is 530 g/mol. The third-order valence-corrected chi connectivity index (χ3v) is 8.30. The van der Waals surface area contributed by atoms with E-state index in [1.807, 2.05) is 13.0 Å². The molecular weight excluding hydrogens is 508 g/mol. The molecule has 0 radical (unpaired) electrons. The predicted octanol–water partition coefficient (Wildman–Crippen LogP) is 3.50. The lowest BCUT2D eigenvalue weighted by molar-refractivity contribution is -0.115. The van der Waals surface area contributed by atoms with Crippen molar-refractivity contribution in [1.29, 1.82) is 0 Å². The minimum atomic E-state index is -3.83. The lowest BCUT2D eigenvalue weighted by Gasteiger charge is -2.15. The number of hydrogen-bond acceptors (Lipinski definition) is 9.